The van der Waals surface area contributed by atoms with Crippen LogP contribution in [-0.4, -0.2) is 11.1 Å². The minimum absolute atomic E-state index is 0.230. The first-order valence-corrected chi connectivity index (χ1v) is 6.23. The van der Waals surface area contributed by atoms with Gasteiger partial charge in [0, 0.05) is 11.4 Å². The Kier molecular flexibility index (Phi) is 5.15. The Bertz CT molecular complexity index is 622. The maximum atomic E-state index is 10.4. The fraction of sp³-hybridized carbons (Fsp3) is 0.188. The average molecular weight is 272 g/mol. The lowest BCUT2D eigenvalue weighted by molar-refractivity contribution is 0.0697. The lowest BCUT2D eigenvalue weighted by Crippen LogP contribution is -1.98. The summed E-state index contributed by atoms with van der Waals surface area (Å²) in [4.78, 5) is 10.4. The van der Waals surface area contributed by atoms with Crippen LogP contribution in [0.15, 0.2) is 36.4 Å². The molecule has 2 aromatic carbocycles. The molecule has 5 N–H and O–H groups in total. The van der Waals surface area contributed by atoms with Gasteiger partial charge in [0.2, 0.25) is 0 Å². The number of hydrogen-bond acceptors (Lipinski definition) is 3. The SMILES string of the molecule is Cc1ccc(C(=O)O)cc1N.Cc1ccc(C)c(N)c1. The third-order valence-corrected chi connectivity index (χ3v) is 2.96. The van der Waals surface area contributed by atoms with E-state index in [2.05, 4.69) is 6.07 Å². The zero-order chi connectivity index (χ0) is 15.3. The Morgan fingerprint density at radius 3 is 1.80 bits per heavy atom. The van der Waals surface area contributed by atoms with E-state index in [9.17, 15) is 4.79 Å². The summed E-state index contributed by atoms with van der Waals surface area (Å²) in [5.41, 5.74) is 16.0. The Balaban J connectivity index is 0.000000204. The smallest absolute Gasteiger partial charge is 0.335 e. The van der Waals surface area contributed by atoms with Crippen LogP contribution < -0.4 is 11.5 Å². The Hall–Kier alpha value is -2.49. The molecule has 0 radical (unpaired) electrons. The lowest BCUT2D eigenvalue weighted by atomic mass is 10.1. The predicted octanol–water partition coefficient (Wildman–Crippen LogP) is 3.16. The molecule has 20 heavy (non-hydrogen) atoms. The van der Waals surface area contributed by atoms with Gasteiger partial charge in [-0.05, 0) is 55.7 Å². The highest BCUT2D eigenvalue weighted by atomic mass is 16.4. The van der Waals surface area contributed by atoms with E-state index in [0.717, 1.165) is 16.8 Å². The molecule has 0 heterocycles. The van der Waals surface area contributed by atoms with E-state index in [1.807, 2.05) is 32.9 Å². The van der Waals surface area contributed by atoms with Crippen LogP contribution in [0, 0.1) is 20.8 Å². The zero-order valence-electron chi connectivity index (χ0n) is 12.0. The molecule has 0 aromatic heterocycles. The summed E-state index contributed by atoms with van der Waals surface area (Å²) in [5.74, 6) is -0.947. The molecule has 0 unspecified atom stereocenters. The van der Waals surface area contributed by atoms with Crippen molar-refractivity contribution in [2.24, 2.45) is 0 Å². The van der Waals surface area contributed by atoms with Crippen LogP contribution in [0.25, 0.3) is 0 Å². The quantitative estimate of drug-likeness (QED) is 0.696. The number of anilines is 2. The van der Waals surface area contributed by atoms with Crippen LogP contribution in [0.2, 0.25) is 0 Å². The molecule has 2 rings (SSSR count). The number of carbonyl (C=O) groups is 1. The summed E-state index contributed by atoms with van der Waals surface area (Å²) < 4.78 is 0. The number of carboxylic acid groups (broad SMARTS) is 1. The molecule has 0 spiro atoms. The Labute approximate surface area is 119 Å². The maximum absolute atomic E-state index is 10.4. The molecular weight excluding hydrogens is 252 g/mol. The van der Waals surface area contributed by atoms with Crippen LogP contribution in [-0.2, 0) is 0 Å². The van der Waals surface area contributed by atoms with Gasteiger partial charge in [-0.15, -0.1) is 0 Å². The molecule has 0 fully saturated rings. The molecule has 4 nitrogen and oxygen atoms in total. The minimum Gasteiger partial charge on any atom is -0.478 e. The van der Waals surface area contributed by atoms with E-state index < -0.39 is 5.97 Å². The summed E-state index contributed by atoms with van der Waals surface area (Å²) in [6.07, 6.45) is 0. The van der Waals surface area contributed by atoms with E-state index in [4.69, 9.17) is 16.6 Å². The van der Waals surface area contributed by atoms with Gasteiger partial charge in [-0.2, -0.15) is 0 Å². The van der Waals surface area contributed by atoms with Gasteiger partial charge >= 0.3 is 5.97 Å². The summed E-state index contributed by atoms with van der Waals surface area (Å²) in [5, 5.41) is 8.54. The molecule has 0 saturated heterocycles. The number of nitrogens with two attached hydrogens (primary N) is 2. The summed E-state index contributed by atoms with van der Waals surface area (Å²) in [6, 6.07) is 10.8. The fourth-order valence-corrected chi connectivity index (χ4v) is 1.53. The number of rotatable bonds is 1. The molecular formula is C16H20N2O2. The number of carboxylic acids is 1. The lowest BCUT2D eigenvalue weighted by Gasteiger charge is -1.99. The van der Waals surface area contributed by atoms with Crippen molar-refractivity contribution in [3.63, 3.8) is 0 Å². The topological polar surface area (TPSA) is 89.3 Å². The highest BCUT2D eigenvalue weighted by Crippen LogP contribution is 2.12. The van der Waals surface area contributed by atoms with Crippen molar-refractivity contribution in [3.8, 4) is 0 Å². The molecule has 0 aliphatic carbocycles. The molecule has 0 aliphatic heterocycles. The minimum atomic E-state index is -0.947. The normalized spacial score (nSPS) is 9.55. The molecule has 0 aliphatic rings. The number of hydrogen-bond donors (Lipinski definition) is 3. The first kappa shape index (κ1) is 15.6. The maximum Gasteiger partial charge on any atom is 0.335 e. The van der Waals surface area contributed by atoms with E-state index in [1.54, 1.807) is 6.07 Å². The van der Waals surface area contributed by atoms with Crippen molar-refractivity contribution < 1.29 is 9.90 Å². The zero-order valence-corrected chi connectivity index (χ0v) is 12.0. The molecule has 0 amide bonds. The van der Waals surface area contributed by atoms with Crippen LogP contribution in [0.5, 0.6) is 0 Å². The van der Waals surface area contributed by atoms with Crippen molar-refractivity contribution in [2.45, 2.75) is 20.8 Å². The first-order chi connectivity index (χ1) is 9.31. The van der Waals surface area contributed by atoms with Crippen LogP contribution in [0.4, 0.5) is 11.4 Å². The average Bonchev–Trinajstić information content (AvgIpc) is 2.38. The Morgan fingerprint density at radius 1 is 0.900 bits per heavy atom. The van der Waals surface area contributed by atoms with Crippen molar-refractivity contribution in [1.29, 1.82) is 0 Å². The summed E-state index contributed by atoms with van der Waals surface area (Å²) in [6.45, 7) is 5.88. The monoisotopic (exact) mass is 272 g/mol. The predicted molar refractivity (Wildman–Crippen MR) is 82.9 cm³/mol. The van der Waals surface area contributed by atoms with Gasteiger partial charge in [-0.3, -0.25) is 0 Å². The van der Waals surface area contributed by atoms with Crippen LogP contribution >= 0.6 is 0 Å². The number of aromatic carboxylic acids is 1. The highest BCUT2D eigenvalue weighted by molar-refractivity contribution is 5.88. The molecule has 2 aromatic rings. The second kappa shape index (κ2) is 6.61. The third-order valence-electron chi connectivity index (χ3n) is 2.96. The molecule has 106 valence electrons. The number of nitrogen functional groups attached to an aromatic ring is 2. The third kappa shape index (κ3) is 4.31. The second-order valence-electron chi connectivity index (χ2n) is 4.74. The second-order valence-corrected chi connectivity index (χ2v) is 4.74. The number of aryl methyl sites for hydroxylation is 3. The molecule has 4 heteroatoms. The standard InChI is InChI=1S/C8H9NO2.C8H11N/c1-5-2-3-6(8(10)11)4-7(5)9;1-6-3-4-7(2)8(9)5-6/h2-4H,9H2,1H3,(H,10,11);3-5H,9H2,1-2H3. The first-order valence-electron chi connectivity index (χ1n) is 6.23. The highest BCUT2D eigenvalue weighted by Gasteiger charge is 2.02. The molecule has 0 atom stereocenters. The van der Waals surface area contributed by atoms with Gasteiger partial charge in [-0.25, -0.2) is 4.79 Å². The fourth-order valence-electron chi connectivity index (χ4n) is 1.53. The Morgan fingerprint density at radius 2 is 1.40 bits per heavy atom. The largest absolute Gasteiger partial charge is 0.478 e. The van der Waals surface area contributed by atoms with Crippen molar-refractivity contribution >= 4 is 17.3 Å². The summed E-state index contributed by atoms with van der Waals surface area (Å²) >= 11 is 0. The van der Waals surface area contributed by atoms with Crippen molar-refractivity contribution in [1.82, 2.24) is 0 Å². The number of benzene rings is 2. The van der Waals surface area contributed by atoms with Crippen molar-refractivity contribution in [2.75, 3.05) is 11.5 Å². The van der Waals surface area contributed by atoms with Gasteiger partial charge < -0.3 is 16.6 Å². The van der Waals surface area contributed by atoms with E-state index in [-0.39, 0.29) is 5.56 Å². The van der Waals surface area contributed by atoms with Crippen molar-refractivity contribution in [3.05, 3.63) is 58.7 Å². The molecule has 0 bridgehead atoms. The van der Waals surface area contributed by atoms with E-state index in [0.29, 0.717) is 5.69 Å². The van der Waals surface area contributed by atoms with Crippen LogP contribution in [0.3, 0.4) is 0 Å². The van der Waals surface area contributed by atoms with Gasteiger partial charge in [0.1, 0.15) is 0 Å². The van der Waals surface area contributed by atoms with Gasteiger partial charge in [-0.1, -0.05) is 18.2 Å². The van der Waals surface area contributed by atoms with Crippen LogP contribution in [0.1, 0.15) is 27.0 Å². The van der Waals surface area contributed by atoms with E-state index in [1.165, 1.54) is 17.7 Å². The van der Waals surface area contributed by atoms with Gasteiger partial charge in [0.15, 0.2) is 0 Å². The van der Waals surface area contributed by atoms with E-state index >= 15 is 0 Å². The molecule has 0 saturated carbocycles. The summed E-state index contributed by atoms with van der Waals surface area (Å²) in [7, 11) is 0. The van der Waals surface area contributed by atoms with Gasteiger partial charge in [0.05, 0.1) is 5.56 Å². The van der Waals surface area contributed by atoms with Gasteiger partial charge in [0.25, 0.3) is 0 Å².